The number of rotatable bonds is 2. The highest BCUT2D eigenvalue weighted by Crippen LogP contribution is 2.30. The largest absolute Gasteiger partial charge is 0.333 e. The zero-order valence-electron chi connectivity index (χ0n) is 10.2. The third-order valence-corrected chi connectivity index (χ3v) is 3.03. The zero-order valence-corrected chi connectivity index (χ0v) is 10.2. The van der Waals surface area contributed by atoms with Crippen molar-refractivity contribution >= 4 is 0 Å². The van der Waals surface area contributed by atoms with Crippen molar-refractivity contribution in [1.29, 1.82) is 0 Å². The van der Waals surface area contributed by atoms with Gasteiger partial charge in [0.25, 0.3) is 0 Å². The molecule has 0 N–H and O–H groups in total. The summed E-state index contributed by atoms with van der Waals surface area (Å²) in [6.07, 6.45) is 1.87. The Labute approximate surface area is 107 Å². The molecule has 0 saturated carbocycles. The van der Waals surface area contributed by atoms with Crippen LogP contribution in [-0.4, -0.2) is 9.55 Å². The summed E-state index contributed by atoms with van der Waals surface area (Å²) in [6, 6.07) is 20.7. The number of aromatic nitrogens is 2. The lowest BCUT2D eigenvalue weighted by molar-refractivity contribution is 0.921. The van der Waals surface area contributed by atoms with Crippen LogP contribution in [0.2, 0.25) is 0 Å². The molecule has 0 bridgehead atoms. The molecule has 3 aromatic rings. The molecule has 0 aliphatic rings. The van der Waals surface area contributed by atoms with E-state index in [4.69, 9.17) is 0 Å². The van der Waals surface area contributed by atoms with E-state index in [2.05, 4.69) is 45.9 Å². The quantitative estimate of drug-likeness (QED) is 0.660. The molecule has 0 atom stereocenters. The first-order valence-corrected chi connectivity index (χ1v) is 5.98. The molecule has 2 heteroatoms. The fourth-order valence-electron chi connectivity index (χ4n) is 2.17. The molecule has 0 unspecified atom stereocenters. The van der Waals surface area contributed by atoms with Crippen LogP contribution in [0, 0.1) is 0 Å². The SMILES string of the molecule is Cn1cnc(-c2ccccc2)c1-c1ccccc1. The van der Waals surface area contributed by atoms with Crippen molar-refractivity contribution < 1.29 is 0 Å². The molecule has 0 aliphatic heterocycles. The fraction of sp³-hybridized carbons (Fsp3) is 0.0625. The van der Waals surface area contributed by atoms with E-state index in [-0.39, 0.29) is 0 Å². The van der Waals surface area contributed by atoms with Crippen LogP contribution in [0.4, 0.5) is 0 Å². The molecule has 0 amide bonds. The Kier molecular flexibility index (Phi) is 2.69. The van der Waals surface area contributed by atoms with Crippen molar-refractivity contribution in [2.75, 3.05) is 0 Å². The molecule has 1 heterocycles. The van der Waals surface area contributed by atoms with Crippen LogP contribution in [-0.2, 0) is 7.05 Å². The Hall–Kier alpha value is -2.35. The smallest absolute Gasteiger partial charge is 0.0963 e. The van der Waals surface area contributed by atoms with Crippen molar-refractivity contribution in [2.45, 2.75) is 0 Å². The standard InChI is InChI=1S/C16H14N2/c1-18-12-17-15(13-8-4-2-5-9-13)16(18)14-10-6-3-7-11-14/h2-12H,1H3. The van der Waals surface area contributed by atoms with Gasteiger partial charge in [0.1, 0.15) is 0 Å². The highest BCUT2D eigenvalue weighted by molar-refractivity contribution is 5.78. The first-order chi connectivity index (χ1) is 8.86. The predicted molar refractivity (Wildman–Crippen MR) is 74.1 cm³/mol. The summed E-state index contributed by atoms with van der Waals surface area (Å²) < 4.78 is 2.07. The molecular weight excluding hydrogens is 220 g/mol. The Morgan fingerprint density at radius 3 is 1.94 bits per heavy atom. The van der Waals surface area contributed by atoms with E-state index in [1.54, 1.807) is 0 Å². The minimum Gasteiger partial charge on any atom is -0.333 e. The molecular formula is C16H14N2. The first kappa shape index (κ1) is 10.8. The summed E-state index contributed by atoms with van der Waals surface area (Å²) in [6.45, 7) is 0. The van der Waals surface area contributed by atoms with Crippen molar-refractivity contribution in [3.63, 3.8) is 0 Å². The third-order valence-electron chi connectivity index (χ3n) is 3.03. The number of imidazole rings is 1. The maximum absolute atomic E-state index is 4.53. The van der Waals surface area contributed by atoms with Crippen LogP contribution in [0.25, 0.3) is 22.5 Å². The van der Waals surface area contributed by atoms with E-state index in [0.717, 1.165) is 17.0 Å². The third kappa shape index (κ3) is 1.82. The van der Waals surface area contributed by atoms with Crippen LogP contribution in [0.3, 0.4) is 0 Å². The van der Waals surface area contributed by atoms with Crippen LogP contribution in [0.15, 0.2) is 67.0 Å². The Bertz CT molecular complexity index is 639. The Morgan fingerprint density at radius 1 is 0.778 bits per heavy atom. The van der Waals surface area contributed by atoms with Crippen LogP contribution in [0.5, 0.6) is 0 Å². The molecule has 0 spiro atoms. The summed E-state index contributed by atoms with van der Waals surface area (Å²) in [5.74, 6) is 0. The number of benzene rings is 2. The maximum atomic E-state index is 4.53. The van der Waals surface area contributed by atoms with E-state index in [1.807, 2.05) is 37.6 Å². The summed E-state index contributed by atoms with van der Waals surface area (Å²) in [5, 5.41) is 0. The minimum absolute atomic E-state index is 1.03. The van der Waals surface area contributed by atoms with Crippen molar-refractivity contribution in [3.8, 4) is 22.5 Å². The van der Waals surface area contributed by atoms with E-state index >= 15 is 0 Å². The molecule has 2 nitrogen and oxygen atoms in total. The van der Waals surface area contributed by atoms with Gasteiger partial charge in [-0.2, -0.15) is 0 Å². The molecule has 0 radical (unpaired) electrons. The minimum atomic E-state index is 1.03. The lowest BCUT2D eigenvalue weighted by Gasteiger charge is -2.06. The van der Waals surface area contributed by atoms with E-state index in [9.17, 15) is 0 Å². The van der Waals surface area contributed by atoms with Gasteiger partial charge in [-0.15, -0.1) is 0 Å². The van der Waals surface area contributed by atoms with Gasteiger partial charge >= 0.3 is 0 Å². The number of hydrogen-bond acceptors (Lipinski definition) is 1. The van der Waals surface area contributed by atoms with Crippen molar-refractivity contribution in [2.24, 2.45) is 7.05 Å². The number of aryl methyl sites for hydroxylation is 1. The molecule has 88 valence electrons. The molecule has 0 saturated heterocycles. The van der Waals surface area contributed by atoms with Gasteiger partial charge in [0, 0.05) is 18.2 Å². The second-order valence-corrected chi connectivity index (χ2v) is 4.28. The van der Waals surface area contributed by atoms with Crippen LogP contribution < -0.4 is 0 Å². The average Bonchev–Trinajstić information content (AvgIpc) is 2.83. The second-order valence-electron chi connectivity index (χ2n) is 4.28. The first-order valence-electron chi connectivity index (χ1n) is 5.98. The van der Waals surface area contributed by atoms with Gasteiger partial charge < -0.3 is 4.57 Å². The van der Waals surface area contributed by atoms with Crippen molar-refractivity contribution in [3.05, 3.63) is 67.0 Å². The van der Waals surface area contributed by atoms with Crippen LogP contribution in [0.1, 0.15) is 0 Å². The van der Waals surface area contributed by atoms with E-state index in [1.165, 1.54) is 5.56 Å². The van der Waals surface area contributed by atoms with E-state index < -0.39 is 0 Å². The van der Waals surface area contributed by atoms with Gasteiger partial charge in [-0.05, 0) is 0 Å². The zero-order chi connectivity index (χ0) is 12.4. The summed E-state index contributed by atoms with van der Waals surface area (Å²) in [7, 11) is 2.03. The molecule has 18 heavy (non-hydrogen) atoms. The molecule has 3 rings (SSSR count). The van der Waals surface area contributed by atoms with Gasteiger partial charge in [-0.3, -0.25) is 0 Å². The van der Waals surface area contributed by atoms with Gasteiger partial charge in [-0.25, -0.2) is 4.98 Å². The van der Waals surface area contributed by atoms with Crippen LogP contribution >= 0.6 is 0 Å². The highest BCUT2D eigenvalue weighted by atomic mass is 15.0. The molecule has 0 aliphatic carbocycles. The second kappa shape index (κ2) is 4.49. The van der Waals surface area contributed by atoms with Crippen molar-refractivity contribution in [1.82, 2.24) is 9.55 Å². The summed E-state index contributed by atoms with van der Waals surface area (Å²) in [4.78, 5) is 4.53. The molecule has 2 aromatic carbocycles. The molecule has 1 aromatic heterocycles. The average molecular weight is 234 g/mol. The van der Waals surface area contributed by atoms with E-state index in [0.29, 0.717) is 0 Å². The highest BCUT2D eigenvalue weighted by Gasteiger charge is 2.12. The summed E-state index contributed by atoms with van der Waals surface area (Å²) in [5.41, 5.74) is 4.53. The van der Waals surface area contributed by atoms with Gasteiger partial charge in [0.15, 0.2) is 0 Å². The fourth-order valence-corrected chi connectivity index (χ4v) is 2.17. The number of nitrogens with zero attached hydrogens (tertiary/aromatic N) is 2. The summed E-state index contributed by atoms with van der Waals surface area (Å²) >= 11 is 0. The van der Waals surface area contributed by atoms with Gasteiger partial charge in [-0.1, -0.05) is 60.7 Å². The lowest BCUT2D eigenvalue weighted by Crippen LogP contribution is -1.91. The Balaban J connectivity index is 2.19. The lowest BCUT2D eigenvalue weighted by atomic mass is 10.1. The monoisotopic (exact) mass is 234 g/mol. The normalized spacial score (nSPS) is 10.5. The van der Waals surface area contributed by atoms with Gasteiger partial charge in [0.05, 0.1) is 17.7 Å². The predicted octanol–water partition coefficient (Wildman–Crippen LogP) is 3.75. The van der Waals surface area contributed by atoms with Gasteiger partial charge in [0.2, 0.25) is 0 Å². The maximum Gasteiger partial charge on any atom is 0.0963 e. The topological polar surface area (TPSA) is 17.8 Å². The Morgan fingerprint density at radius 2 is 1.33 bits per heavy atom. The number of hydrogen-bond donors (Lipinski definition) is 0. The molecule has 0 fully saturated rings.